The Balaban J connectivity index is 1.64. The number of benzene rings is 2. The first-order valence-electron chi connectivity index (χ1n) is 13.0. The third kappa shape index (κ3) is 8.10. The van der Waals surface area contributed by atoms with Gasteiger partial charge in [0.25, 0.3) is 0 Å². The molecule has 3 rings (SSSR count). The predicted molar refractivity (Wildman–Crippen MR) is 143 cm³/mol. The second-order valence-electron chi connectivity index (χ2n) is 10.2. The molecule has 1 aliphatic heterocycles. The SMILES string of the molecule is CCCCN(CCc1ccc(/C2=C/C[C@@H](N)CN(Cc3ccccc3)C[C@@H]2C)cc1)C(C)C. The van der Waals surface area contributed by atoms with Crippen molar-refractivity contribution in [3.8, 4) is 0 Å². The third-order valence-electron chi connectivity index (χ3n) is 6.95. The molecule has 0 radical (unpaired) electrons. The van der Waals surface area contributed by atoms with Gasteiger partial charge in [-0.15, -0.1) is 0 Å². The number of unbranched alkanes of at least 4 members (excludes halogenated alkanes) is 1. The first-order chi connectivity index (χ1) is 16.0. The Kier molecular flexibility index (Phi) is 10.2. The minimum atomic E-state index is 0.181. The van der Waals surface area contributed by atoms with Crippen LogP contribution in [0.2, 0.25) is 0 Å². The van der Waals surface area contributed by atoms with Crippen LogP contribution in [-0.4, -0.2) is 48.1 Å². The van der Waals surface area contributed by atoms with E-state index in [1.54, 1.807) is 0 Å². The molecule has 1 aliphatic rings. The molecular formula is C30H45N3. The standard InChI is InChI=1S/C30H45N3/c1-5-6-19-33(24(2)3)20-18-26-12-14-28(15-13-26)30-17-16-29(31)23-32(21-25(30)4)22-27-10-8-7-9-11-27/h7-15,17,24-25,29H,5-6,16,18-23,31H2,1-4H3/b30-17+/t25-,29+/m0/s1. The smallest absolute Gasteiger partial charge is 0.0234 e. The molecular weight excluding hydrogens is 402 g/mol. The van der Waals surface area contributed by atoms with Gasteiger partial charge in [-0.05, 0) is 67.8 Å². The summed E-state index contributed by atoms with van der Waals surface area (Å²) in [7, 11) is 0. The van der Waals surface area contributed by atoms with Crippen LogP contribution in [0.25, 0.3) is 5.57 Å². The normalized spacial score (nSPS) is 21.6. The first-order valence-corrected chi connectivity index (χ1v) is 13.0. The van der Waals surface area contributed by atoms with Gasteiger partial charge >= 0.3 is 0 Å². The van der Waals surface area contributed by atoms with Crippen LogP contribution in [-0.2, 0) is 13.0 Å². The van der Waals surface area contributed by atoms with Crippen LogP contribution in [0, 0.1) is 5.92 Å². The molecule has 0 unspecified atom stereocenters. The molecule has 3 nitrogen and oxygen atoms in total. The summed E-state index contributed by atoms with van der Waals surface area (Å²) in [5, 5.41) is 0. The lowest BCUT2D eigenvalue weighted by atomic mass is 9.89. The molecule has 2 aromatic rings. The molecule has 0 saturated heterocycles. The summed E-state index contributed by atoms with van der Waals surface area (Å²) in [4.78, 5) is 5.14. The van der Waals surface area contributed by atoms with Crippen molar-refractivity contribution >= 4 is 5.57 Å². The Bertz CT molecular complexity index is 841. The maximum absolute atomic E-state index is 6.49. The molecule has 0 bridgehead atoms. The van der Waals surface area contributed by atoms with E-state index in [-0.39, 0.29) is 6.04 Å². The highest BCUT2D eigenvalue weighted by Gasteiger charge is 2.21. The van der Waals surface area contributed by atoms with Gasteiger partial charge in [0.05, 0.1) is 0 Å². The van der Waals surface area contributed by atoms with E-state index in [4.69, 9.17) is 5.73 Å². The predicted octanol–water partition coefficient (Wildman–Crippen LogP) is 5.99. The lowest BCUT2D eigenvalue weighted by Crippen LogP contribution is -2.40. The van der Waals surface area contributed by atoms with Gasteiger partial charge in [-0.1, -0.05) is 80.9 Å². The molecule has 2 aromatic carbocycles. The van der Waals surface area contributed by atoms with Crippen molar-refractivity contribution < 1.29 is 0 Å². The van der Waals surface area contributed by atoms with Gasteiger partial charge in [-0.2, -0.15) is 0 Å². The van der Waals surface area contributed by atoms with Gasteiger partial charge in [0.15, 0.2) is 0 Å². The summed E-state index contributed by atoms with van der Waals surface area (Å²) < 4.78 is 0. The zero-order valence-corrected chi connectivity index (χ0v) is 21.3. The van der Waals surface area contributed by atoms with Gasteiger partial charge in [-0.3, -0.25) is 4.90 Å². The van der Waals surface area contributed by atoms with Crippen molar-refractivity contribution in [3.63, 3.8) is 0 Å². The highest BCUT2D eigenvalue weighted by Crippen LogP contribution is 2.28. The number of hydrogen-bond donors (Lipinski definition) is 1. The van der Waals surface area contributed by atoms with Crippen LogP contribution in [0.15, 0.2) is 60.7 Å². The molecule has 0 saturated carbocycles. The minimum absolute atomic E-state index is 0.181. The van der Waals surface area contributed by atoms with Crippen molar-refractivity contribution in [2.24, 2.45) is 11.7 Å². The first kappa shape index (κ1) is 25.7. The Hall–Kier alpha value is -1.94. The van der Waals surface area contributed by atoms with Crippen LogP contribution in [0.4, 0.5) is 0 Å². The average molecular weight is 448 g/mol. The van der Waals surface area contributed by atoms with Gasteiger partial charge < -0.3 is 10.6 Å². The van der Waals surface area contributed by atoms with E-state index in [1.165, 1.54) is 41.6 Å². The van der Waals surface area contributed by atoms with Gasteiger partial charge in [0.2, 0.25) is 0 Å². The van der Waals surface area contributed by atoms with Crippen molar-refractivity contribution in [3.05, 3.63) is 77.4 Å². The fraction of sp³-hybridized carbons (Fsp3) is 0.533. The molecule has 0 aliphatic carbocycles. The fourth-order valence-corrected chi connectivity index (χ4v) is 4.94. The number of rotatable bonds is 10. The molecule has 2 atom stereocenters. The third-order valence-corrected chi connectivity index (χ3v) is 6.95. The number of hydrogen-bond acceptors (Lipinski definition) is 3. The Morgan fingerprint density at radius 1 is 0.970 bits per heavy atom. The van der Waals surface area contributed by atoms with Crippen LogP contribution >= 0.6 is 0 Å². The summed E-state index contributed by atoms with van der Waals surface area (Å²) in [5.41, 5.74) is 12.1. The molecule has 0 amide bonds. The minimum Gasteiger partial charge on any atom is -0.326 e. The monoisotopic (exact) mass is 447 g/mol. The highest BCUT2D eigenvalue weighted by atomic mass is 15.1. The largest absolute Gasteiger partial charge is 0.326 e. The Labute approximate surface area is 202 Å². The van der Waals surface area contributed by atoms with Crippen molar-refractivity contribution in [1.29, 1.82) is 0 Å². The summed E-state index contributed by atoms with van der Waals surface area (Å²) in [6, 6.07) is 20.9. The van der Waals surface area contributed by atoms with Crippen LogP contribution < -0.4 is 5.73 Å². The molecule has 3 heteroatoms. The average Bonchev–Trinajstić information content (AvgIpc) is 2.79. The van der Waals surface area contributed by atoms with Gasteiger partial charge in [-0.25, -0.2) is 0 Å². The number of nitrogens with two attached hydrogens (primary N) is 1. The van der Waals surface area contributed by atoms with E-state index >= 15 is 0 Å². The van der Waals surface area contributed by atoms with Crippen LogP contribution in [0.1, 0.15) is 63.6 Å². The fourth-order valence-electron chi connectivity index (χ4n) is 4.94. The molecule has 2 N–H and O–H groups in total. The maximum Gasteiger partial charge on any atom is 0.0234 e. The quantitative estimate of drug-likeness (QED) is 0.485. The molecule has 0 spiro atoms. The second-order valence-corrected chi connectivity index (χ2v) is 10.2. The second kappa shape index (κ2) is 13.1. The summed E-state index contributed by atoms with van der Waals surface area (Å²) in [6.07, 6.45) is 7.00. The van der Waals surface area contributed by atoms with Crippen molar-refractivity contribution in [2.75, 3.05) is 26.2 Å². The lowest BCUT2D eigenvalue weighted by Gasteiger charge is -2.32. The Morgan fingerprint density at radius 2 is 1.70 bits per heavy atom. The zero-order valence-electron chi connectivity index (χ0n) is 21.3. The number of nitrogens with zero attached hydrogens (tertiary/aromatic N) is 2. The van der Waals surface area contributed by atoms with Crippen LogP contribution in [0.3, 0.4) is 0 Å². The van der Waals surface area contributed by atoms with E-state index in [9.17, 15) is 0 Å². The van der Waals surface area contributed by atoms with Crippen molar-refractivity contribution in [1.82, 2.24) is 9.80 Å². The molecule has 0 fully saturated rings. The van der Waals surface area contributed by atoms with Gasteiger partial charge in [0.1, 0.15) is 0 Å². The molecule has 0 aromatic heterocycles. The topological polar surface area (TPSA) is 32.5 Å². The highest BCUT2D eigenvalue weighted by molar-refractivity contribution is 5.67. The maximum atomic E-state index is 6.49. The lowest BCUT2D eigenvalue weighted by molar-refractivity contribution is 0.221. The zero-order chi connectivity index (χ0) is 23.6. The van der Waals surface area contributed by atoms with E-state index < -0.39 is 0 Å². The summed E-state index contributed by atoms with van der Waals surface area (Å²) in [6.45, 7) is 14.6. The van der Waals surface area contributed by atoms with Crippen molar-refractivity contribution in [2.45, 2.75) is 72.0 Å². The van der Waals surface area contributed by atoms with Gasteiger partial charge in [0, 0.05) is 38.3 Å². The molecule has 180 valence electrons. The van der Waals surface area contributed by atoms with E-state index in [2.05, 4.69) is 98.2 Å². The summed E-state index contributed by atoms with van der Waals surface area (Å²) in [5.74, 6) is 0.484. The van der Waals surface area contributed by atoms with E-state index in [1.807, 2.05) is 0 Å². The van der Waals surface area contributed by atoms with E-state index in [0.29, 0.717) is 12.0 Å². The summed E-state index contributed by atoms with van der Waals surface area (Å²) >= 11 is 0. The molecule has 33 heavy (non-hydrogen) atoms. The van der Waals surface area contributed by atoms with E-state index in [0.717, 1.165) is 39.0 Å². The van der Waals surface area contributed by atoms with Crippen LogP contribution in [0.5, 0.6) is 0 Å². The Morgan fingerprint density at radius 3 is 2.36 bits per heavy atom. The molecule has 1 heterocycles.